The molecule has 0 aliphatic rings. The molecule has 0 heterocycles. The zero-order valence-electron chi connectivity index (χ0n) is 19.1. The molecule has 0 saturated carbocycles. The number of ether oxygens (including phenoxy) is 1. The lowest BCUT2D eigenvalue weighted by atomic mass is 10.0. The van der Waals surface area contributed by atoms with Crippen molar-refractivity contribution in [3.63, 3.8) is 0 Å². The van der Waals surface area contributed by atoms with Crippen LogP contribution in [0.5, 0.6) is 0 Å². The average molecular weight is 451 g/mol. The normalized spacial score (nSPS) is 12.7. The maximum Gasteiger partial charge on any atom is 0.303 e. The van der Waals surface area contributed by atoms with E-state index in [1.165, 1.54) is 36.7 Å². The summed E-state index contributed by atoms with van der Waals surface area (Å²) < 4.78 is 5.38. The van der Waals surface area contributed by atoms with Crippen molar-refractivity contribution in [3.05, 3.63) is 35.9 Å². The van der Waals surface area contributed by atoms with Gasteiger partial charge in [0, 0.05) is 13.5 Å². The first-order valence-corrected chi connectivity index (χ1v) is 11.5. The summed E-state index contributed by atoms with van der Waals surface area (Å²) in [6, 6.07) is 9.45. The van der Waals surface area contributed by atoms with E-state index < -0.39 is 23.8 Å². The van der Waals surface area contributed by atoms with Gasteiger partial charge >= 0.3 is 5.97 Å². The first-order chi connectivity index (χ1) is 15.5. The molecule has 8 heteroatoms. The van der Waals surface area contributed by atoms with Crippen LogP contribution in [-0.2, 0) is 25.5 Å². The molecule has 0 aliphatic heterocycles. The van der Waals surface area contributed by atoms with Crippen molar-refractivity contribution in [2.45, 2.75) is 89.2 Å². The van der Waals surface area contributed by atoms with Gasteiger partial charge in [-0.1, -0.05) is 68.9 Å². The zero-order valence-corrected chi connectivity index (χ0v) is 19.1. The first kappa shape index (κ1) is 27.6. The lowest BCUT2D eigenvalue weighted by Crippen LogP contribution is -2.46. The van der Waals surface area contributed by atoms with Crippen molar-refractivity contribution in [1.82, 2.24) is 10.8 Å². The van der Waals surface area contributed by atoms with Gasteiger partial charge in [0.15, 0.2) is 0 Å². The molecule has 1 aromatic carbocycles. The third kappa shape index (κ3) is 13.1. The minimum atomic E-state index is -1.09. The number of amides is 2. The van der Waals surface area contributed by atoms with E-state index in [-0.39, 0.29) is 25.4 Å². The highest BCUT2D eigenvalue weighted by Gasteiger charge is 2.23. The Hall–Kier alpha value is -2.45. The molecule has 0 fully saturated rings. The van der Waals surface area contributed by atoms with Crippen molar-refractivity contribution in [3.8, 4) is 0 Å². The molecule has 180 valence electrons. The molecule has 1 rings (SSSR count). The monoisotopic (exact) mass is 450 g/mol. The number of carbonyl (C=O) groups excluding carboxylic acids is 2. The molecule has 0 radical (unpaired) electrons. The Morgan fingerprint density at radius 1 is 0.938 bits per heavy atom. The number of carboxylic acids is 1. The smallest absolute Gasteiger partial charge is 0.303 e. The van der Waals surface area contributed by atoms with Crippen molar-refractivity contribution >= 4 is 17.8 Å². The van der Waals surface area contributed by atoms with E-state index >= 15 is 0 Å². The molecular weight excluding hydrogens is 412 g/mol. The van der Waals surface area contributed by atoms with Gasteiger partial charge in [0.05, 0.1) is 12.5 Å². The van der Waals surface area contributed by atoms with Gasteiger partial charge in [0.2, 0.25) is 5.91 Å². The maximum atomic E-state index is 12.2. The standard InChI is InChI=1S/C24H38N2O6/c1-32-20(18-22(27)25-21(24(30)26-31)16-17-23(28)29)15-11-6-4-2-3-5-8-12-19-13-9-7-10-14-19/h7,9-10,13-14,20-21,31H,2-6,8,11-12,15-18H2,1H3,(H,25,27)(H,26,30)(H,28,29)/t20?,21-/m1/s1. The Labute approximate surface area is 190 Å². The zero-order chi connectivity index (χ0) is 23.6. The summed E-state index contributed by atoms with van der Waals surface area (Å²) in [5.74, 6) is -2.33. The summed E-state index contributed by atoms with van der Waals surface area (Å²) >= 11 is 0. The van der Waals surface area contributed by atoms with Crippen LogP contribution in [0.1, 0.15) is 76.2 Å². The number of hydroxylamine groups is 1. The fraction of sp³-hybridized carbons (Fsp3) is 0.625. The van der Waals surface area contributed by atoms with Gasteiger partial charge in [-0.3, -0.25) is 19.6 Å². The van der Waals surface area contributed by atoms with Gasteiger partial charge in [0.25, 0.3) is 5.91 Å². The molecule has 1 unspecified atom stereocenters. The summed E-state index contributed by atoms with van der Waals surface area (Å²) in [5.41, 5.74) is 2.85. The first-order valence-electron chi connectivity index (χ1n) is 11.5. The number of aliphatic carboxylic acids is 1. The van der Waals surface area contributed by atoms with Crippen molar-refractivity contribution in [2.75, 3.05) is 7.11 Å². The fourth-order valence-electron chi connectivity index (χ4n) is 3.61. The molecule has 0 aliphatic carbocycles. The highest BCUT2D eigenvalue weighted by Crippen LogP contribution is 2.14. The van der Waals surface area contributed by atoms with Crippen molar-refractivity contribution in [2.24, 2.45) is 0 Å². The number of methoxy groups -OCH3 is 1. The second-order valence-electron chi connectivity index (χ2n) is 8.09. The van der Waals surface area contributed by atoms with Crippen LogP contribution in [0.2, 0.25) is 0 Å². The predicted octanol–water partition coefficient (Wildman–Crippen LogP) is 3.61. The van der Waals surface area contributed by atoms with E-state index in [0.717, 1.165) is 32.1 Å². The Kier molecular flexibility index (Phi) is 14.8. The molecular formula is C24H38N2O6. The number of rotatable bonds is 18. The number of nitrogens with one attached hydrogen (secondary N) is 2. The number of hydrogen-bond acceptors (Lipinski definition) is 5. The second-order valence-corrected chi connectivity index (χ2v) is 8.09. The third-order valence-electron chi connectivity index (χ3n) is 5.49. The van der Waals surface area contributed by atoms with E-state index in [9.17, 15) is 14.4 Å². The SMILES string of the molecule is COC(CCCCCCCCCc1ccccc1)CC(=O)N[C@H](CCC(=O)O)C(=O)NO. The largest absolute Gasteiger partial charge is 0.481 e. The van der Waals surface area contributed by atoms with Gasteiger partial charge in [-0.25, -0.2) is 5.48 Å². The van der Waals surface area contributed by atoms with Crippen LogP contribution in [0.25, 0.3) is 0 Å². The van der Waals surface area contributed by atoms with E-state index in [0.29, 0.717) is 0 Å². The van der Waals surface area contributed by atoms with Gasteiger partial charge in [-0.2, -0.15) is 0 Å². The van der Waals surface area contributed by atoms with Crippen LogP contribution in [-0.4, -0.2) is 47.4 Å². The molecule has 32 heavy (non-hydrogen) atoms. The Balaban J connectivity index is 2.15. The molecule has 0 aromatic heterocycles. The lowest BCUT2D eigenvalue weighted by Gasteiger charge is -2.19. The van der Waals surface area contributed by atoms with Crippen LogP contribution < -0.4 is 10.8 Å². The topological polar surface area (TPSA) is 125 Å². The fourth-order valence-corrected chi connectivity index (χ4v) is 3.61. The van der Waals surface area contributed by atoms with Crippen LogP contribution in [0, 0.1) is 0 Å². The predicted molar refractivity (Wildman–Crippen MR) is 121 cm³/mol. The lowest BCUT2D eigenvalue weighted by molar-refractivity contribution is -0.139. The van der Waals surface area contributed by atoms with Gasteiger partial charge < -0.3 is 15.2 Å². The molecule has 0 saturated heterocycles. The Morgan fingerprint density at radius 3 is 2.16 bits per heavy atom. The highest BCUT2D eigenvalue weighted by atomic mass is 16.5. The average Bonchev–Trinajstić information content (AvgIpc) is 2.79. The van der Waals surface area contributed by atoms with Crippen LogP contribution >= 0.6 is 0 Å². The number of carbonyl (C=O) groups is 3. The maximum absolute atomic E-state index is 12.2. The van der Waals surface area contributed by atoms with Gasteiger partial charge in [-0.15, -0.1) is 0 Å². The third-order valence-corrected chi connectivity index (χ3v) is 5.49. The van der Waals surface area contributed by atoms with Crippen LogP contribution in [0.15, 0.2) is 30.3 Å². The van der Waals surface area contributed by atoms with E-state index in [2.05, 4.69) is 29.6 Å². The highest BCUT2D eigenvalue weighted by molar-refractivity contribution is 5.87. The van der Waals surface area contributed by atoms with E-state index in [1.807, 2.05) is 6.07 Å². The molecule has 1 aromatic rings. The number of carboxylic acid groups (broad SMARTS) is 1. The van der Waals surface area contributed by atoms with Gasteiger partial charge in [-0.05, 0) is 31.2 Å². The molecule has 4 N–H and O–H groups in total. The summed E-state index contributed by atoms with van der Waals surface area (Å²) in [5, 5.41) is 20.0. The van der Waals surface area contributed by atoms with E-state index in [1.54, 1.807) is 7.11 Å². The van der Waals surface area contributed by atoms with Crippen molar-refractivity contribution < 1.29 is 29.4 Å². The molecule has 8 nitrogen and oxygen atoms in total. The number of benzene rings is 1. The van der Waals surface area contributed by atoms with Crippen LogP contribution in [0.4, 0.5) is 0 Å². The number of unbranched alkanes of at least 4 members (excludes halogenated alkanes) is 6. The molecule has 0 spiro atoms. The minimum absolute atomic E-state index is 0.0816. The summed E-state index contributed by atoms with van der Waals surface area (Å²) in [7, 11) is 1.55. The van der Waals surface area contributed by atoms with Crippen molar-refractivity contribution in [1.29, 1.82) is 0 Å². The second kappa shape index (κ2) is 17.1. The quantitative estimate of drug-likeness (QED) is 0.154. The number of hydrogen-bond donors (Lipinski definition) is 4. The number of aryl methyl sites for hydroxylation is 1. The van der Waals surface area contributed by atoms with E-state index in [4.69, 9.17) is 15.1 Å². The Bertz CT molecular complexity index is 668. The Morgan fingerprint density at radius 2 is 1.56 bits per heavy atom. The summed E-state index contributed by atoms with van der Waals surface area (Å²) in [4.78, 5) is 34.6. The summed E-state index contributed by atoms with van der Waals surface area (Å²) in [6.45, 7) is 0. The molecule has 0 bridgehead atoms. The molecule has 2 amide bonds. The minimum Gasteiger partial charge on any atom is -0.481 e. The molecule has 2 atom stereocenters. The van der Waals surface area contributed by atoms with Gasteiger partial charge in [0.1, 0.15) is 6.04 Å². The summed E-state index contributed by atoms with van der Waals surface area (Å²) in [6.07, 6.45) is 9.37. The van der Waals surface area contributed by atoms with Crippen LogP contribution in [0.3, 0.4) is 0 Å².